The average molecular weight is 283 g/mol. The molecule has 3 heteroatoms. The average Bonchev–Trinajstić information content (AvgIpc) is 2.40. The Morgan fingerprint density at radius 2 is 1.71 bits per heavy atom. The van der Waals surface area contributed by atoms with E-state index in [-0.39, 0.29) is 5.91 Å². The van der Waals surface area contributed by atoms with Gasteiger partial charge in [-0.05, 0) is 51.0 Å². The topological polar surface area (TPSA) is 38.3 Å². The van der Waals surface area contributed by atoms with Crippen LogP contribution in [0.3, 0.4) is 0 Å². The molecule has 0 aliphatic rings. The van der Waals surface area contributed by atoms with Crippen LogP contribution >= 0.6 is 0 Å². The summed E-state index contributed by atoms with van der Waals surface area (Å²) in [5.41, 5.74) is 4.56. The summed E-state index contributed by atoms with van der Waals surface area (Å²) < 4.78 is 5.54. The van der Waals surface area contributed by atoms with Crippen molar-refractivity contribution in [2.45, 2.75) is 27.7 Å². The Kier molecular flexibility index (Phi) is 4.63. The molecule has 0 saturated carbocycles. The summed E-state index contributed by atoms with van der Waals surface area (Å²) in [5, 5.41) is 2.95. The first kappa shape index (κ1) is 15.1. The minimum absolute atomic E-state index is 0.0999. The van der Waals surface area contributed by atoms with Gasteiger partial charge in [-0.25, -0.2) is 0 Å². The lowest BCUT2D eigenvalue weighted by Crippen LogP contribution is -2.16. The molecule has 3 nitrogen and oxygen atoms in total. The van der Waals surface area contributed by atoms with Gasteiger partial charge in [0.1, 0.15) is 5.75 Å². The fraction of sp³-hybridized carbons (Fsp3) is 0.278. The van der Waals surface area contributed by atoms with Crippen LogP contribution in [0.1, 0.15) is 34.0 Å². The number of anilines is 1. The Labute approximate surface area is 126 Å². The number of ether oxygens (including phenoxy) is 1. The van der Waals surface area contributed by atoms with E-state index in [1.165, 1.54) is 0 Å². The lowest BCUT2D eigenvalue weighted by molar-refractivity contribution is 0.102. The maximum absolute atomic E-state index is 12.6. The summed E-state index contributed by atoms with van der Waals surface area (Å²) in [6.07, 6.45) is 0. The third-order valence-corrected chi connectivity index (χ3v) is 3.34. The molecular formula is C18H21NO2. The van der Waals surface area contributed by atoms with E-state index in [4.69, 9.17) is 4.74 Å². The van der Waals surface area contributed by atoms with Crippen LogP contribution in [0.15, 0.2) is 36.4 Å². The Hall–Kier alpha value is -2.29. The fourth-order valence-electron chi connectivity index (χ4n) is 2.57. The van der Waals surface area contributed by atoms with Gasteiger partial charge >= 0.3 is 0 Å². The summed E-state index contributed by atoms with van der Waals surface area (Å²) in [5.74, 6) is 0.591. The number of hydrogen-bond donors (Lipinski definition) is 1. The van der Waals surface area contributed by atoms with Gasteiger partial charge in [-0.3, -0.25) is 4.79 Å². The molecule has 2 aromatic carbocycles. The number of carbonyl (C=O) groups excluding carboxylic acids is 1. The maximum Gasteiger partial charge on any atom is 0.256 e. The van der Waals surface area contributed by atoms with Crippen LogP contribution in [-0.2, 0) is 0 Å². The fourth-order valence-corrected chi connectivity index (χ4v) is 2.57. The molecule has 0 radical (unpaired) electrons. The van der Waals surface area contributed by atoms with Gasteiger partial charge in [0.25, 0.3) is 5.91 Å². The predicted octanol–water partition coefficient (Wildman–Crippen LogP) is 4.26. The Morgan fingerprint density at radius 3 is 2.33 bits per heavy atom. The van der Waals surface area contributed by atoms with Crippen LogP contribution in [-0.4, -0.2) is 12.5 Å². The largest absolute Gasteiger partial charge is 0.492 e. The van der Waals surface area contributed by atoms with Crippen LogP contribution in [0.2, 0.25) is 0 Å². The first-order chi connectivity index (χ1) is 10.0. The summed E-state index contributed by atoms with van der Waals surface area (Å²) >= 11 is 0. The van der Waals surface area contributed by atoms with Crippen LogP contribution in [0.4, 0.5) is 5.69 Å². The highest BCUT2D eigenvalue weighted by Crippen LogP contribution is 2.25. The van der Waals surface area contributed by atoms with Crippen molar-refractivity contribution in [2.75, 3.05) is 11.9 Å². The predicted molar refractivity (Wildman–Crippen MR) is 86.2 cm³/mol. The van der Waals surface area contributed by atoms with E-state index in [1.54, 1.807) is 0 Å². The molecule has 0 bridgehead atoms. The number of rotatable bonds is 4. The van der Waals surface area contributed by atoms with E-state index in [0.717, 1.165) is 22.3 Å². The van der Waals surface area contributed by atoms with Gasteiger partial charge in [0.05, 0.1) is 12.3 Å². The Morgan fingerprint density at radius 1 is 1.10 bits per heavy atom. The maximum atomic E-state index is 12.6. The second-order valence-electron chi connectivity index (χ2n) is 5.16. The molecule has 0 saturated heterocycles. The molecule has 0 aromatic heterocycles. The molecule has 1 N–H and O–H groups in total. The molecule has 2 rings (SSSR count). The minimum atomic E-state index is -0.0999. The first-order valence-corrected chi connectivity index (χ1v) is 7.14. The second-order valence-corrected chi connectivity index (χ2v) is 5.16. The van der Waals surface area contributed by atoms with E-state index in [1.807, 2.05) is 64.1 Å². The van der Waals surface area contributed by atoms with Crippen LogP contribution in [0.25, 0.3) is 0 Å². The van der Waals surface area contributed by atoms with Crippen molar-refractivity contribution in [3.63, 3.8) is 0 Å². The normalized spacial score (nSPS) is 10.3. The smallest absolute Gasteiger partial charge is 0.256 e. The standard InChI is InChI=1S/C18H21NO2/c1-5-21-16-9-7-6-8-15(16)19-18(20)17-13(3)10-12(2)11-14(17)4/h6-11H,5H2,1-4H3,(H,19,20). The SMILES string of the molecule is CCOc1ccccc1NC(=O)c1c(C)cc(C)cc1C. The molecule has 2 aromatic rings. The summed E-state index contributed by atoms with van der Waals surface area (Å²) in [6, 6.07) is 11.5. The molecule has 110 valence electrons. The highest BCUT2D eigenvalue weighted by atomic mass is 16.5. The third-order valence-electron chi connectivity index (χ3n) is 3.34. The quantitative estimate of drug-likeness (QED) is 0.910. The van der Waals surface area contributed by atoms with Crippen LogP contribution in [0, 0.1) is 20.8 Å². The highest BCUT2D eigenvalue weighted by molar-refractivity contribution is 6.07. The van der Waals surface area contributed by atoms with Gasteiger partial charge in [-0.2, -0.15) is 0 Å². The zero-order chi connectivity index (χ0) is 15.4. The van der Waals surface area contributed by atoms with E-state index in [0.29, 0.717) is 18.0 Å². The molecule has 0 aliphatic heterocycles. The number of benzene rings is 2. The number of hydrogen-bond acceptors (Lipinski definition) is 2. The summed E-state index contributed by atoms with van der Waals surface area (Å²) in [4.78, 5) is 12.6. The molecule has 1 amide bonds. The number of aryl methyl sites for hydroxylation is 3. The Bertz CT molecular complexity index is 639. The highest BCUT2D eigenvalue weighted by Gasteiger charge is 2.14. The molecule has 0 fully saturated rings. The van der Waals surface area contributed by atoms with Crippen molar-refractivity contribution < 1.29 is 9.53 Å². The summed E-state index contributed by atoms with van der Waals surface area (Å²) in [7, 11) is 0. The van der Waals surface area contributed by atoms with Crippen molar-refractivity contribution >= 4 is 11.6 Å². The molecular weight excluding hydrogens is 262 g/mol. The van der Waals surface area contributed by atoms with Gasteiger partial charge in [-0.1, -0.05) is 29.8 Å². The van der Waals surface area contributed by atoms with Crippen molar-refractivity contribution in [1.82, 2.24) is 0 Å². The van der Waals surface area contributed by atoms with Crippen molar-refractivity contribution in [2.24, 2.45) is 0 Å². The molecule has 21 heavy (non-hydrogen) atoms. The van der Waals surface area contributed by atoms with Gasteiger partial charge < -0.3 is 10.1 Å². The molecule has 0 aliphatic carbocycles. The van der Waals surface area contributed by atoms with Crippen molar-refractivity contribution in [3.8, 4) is 5.75 Å². The van der Waals surface area contributed by atoms with Gasteiger partial charge in [0.15, 0.2) is 0 Å². The summed E-state index contributed by atoms with van der Waals surface area (Å²) in [6.45, 7) is 8.45. The number of para-hydroxylation sites is 2. The monoisotopic (exact) mass is 283 g/mol. The van der Waals surface area contributed by atoms with Gasteiger partial charge in [-0.15, -0.1) is 0 Å². The van der Waals surface area contributed by atoms with Gasteiger partial charge in [0, 0.05) is 5.56 Å². The number of carbonyl (C=O) groups is 1. The number of amides is 1. The van der Waals surface area contributed by atoms with Crippen LogP contribution in [0.5, 0.6) is 5.75 Å². The number of nitrogens with one attached hydrogen (secondary N) is 1. The zero-order valence-corrected chi connectivity index (χ0v) is 13.0. The Balaban J connectivity index is 2.31. The molecule has 0 unspecified atom stereocenters. The molecule has 0 spiro atoms. The lowest BCUT2D eigenvalue weighted by Gasteiger charge is -2.14. The molecule has 0 heterocycles. The van der Waals surface area contributed by atoms with E-state index >= 15 is 0 Å². The van der Waals surface area contributed by atoms with Gasteiger partial charge in [0.2, 0.25) is 0 Å². The van der Waals surface area contributed by atoms with E-state index in [9.17, 15) is 4.79 Å². The minimum Gasteiger partial charge on any atom is -0.492 e. The lowest BCUT2D eigenvalue weighted by atomic mass is 9.99. The van der Waals surface area contributed by atoms with Crippen LogP contribution < -0.4 is 10.1 Å². The van der Waals surface area contributed by atoms with E-state index in [2.05, 4.69) is 5.32 Å². The third kappa shape index (κ3) is 3.43. The zero-order valence-electron chi connectivity index (χ0n) is 13.0. The second kappa shape index (κ2) is 6.44. The first-order valence-electron chi connectivity index (χ1n) is 7.14. The molecule has 0 atom stereocenters. The van der Waals surface area contributed by atoms with Crippen molar-refractivity contribution in [1.29, 1.82) is 0 Å². The van der Waals surface area contributed by atoms with Crippen molar-refractivity contribution in [3.05, 3.63) is 58.7 Å². The van der Waals surface area contributed by atoms with E-state index < -0.39 is 0 Å².